The number of ether oxygens (including phenoxy) is 1. The Morgan fingerprint density at radius 1 is 1.29 bits per heavy atom. The highest BCUT2D eigenvalue weighted by Crippen LogP contribution is 2.33. The van der Waals surface area contributed by atoms with Gasteiger partial charge in [-0.05, 0) is 61.1 Å². The number of amides is 1. The van der Waals surface area contributed by atoms with Crippen molar-refractivity contribution in [3.63, 3.8) is 0 Å². The Balaban J connectivity index is 1.53. The molecule has 1 atom stereocenters. The maximum Gasteiger partial charge on any atom is 0.348 e. The van der Waals surface area contributed by atoms with E-state index in [0.717, 1.165) is 25.7 Å². The van der Waals surface area contributed by atoms with Gasteiger partial charge in [-0.15, -0.1) is 11.3 Å². The Labute approximate surface area is 167 Å². The molecule has 28 heavy (non-hydrogen) atoms. The number of fused-ring (bicyclic) bond motifs is 1. The molecule has 0 saturated heterocycles. The smallest absolute Gasteiger partial charge is 0.348 e. The molecular weight excluding hydrogens is 400 g/mol. The minimum absolute atomic E-state index is 0.0519. The Hall–Kier alpha value is -2.23. The number of aryl methyl sites for hydroxylation is 1. The van der Waals surface area contributed by atoms with E-state index in [2.05, 4.69) is 12.2 Å². The predicted octanol–water partition coefficient (Wildman–Crippen LogP) is 2.71. The number of nitrogens with one attached hydrogen (secondary N) is 1. The Morgan fingerprint density at radius 2 is 2.00 bits per heavy atom. The number of carbonyl (C=O) groups excluding carboxylic acids is 2. The standard InChI is InChI=1S/C19H22N2O5S2/c1-2-12-3-8-16-13(9-12)10-17(27-16)19(23)26-11-18(22)21-14-4-6-15(7-5-14)28(20,24)25/h4-7,10,12H,2-3,8-9,11H2,1H3,(H,21,22)(H2,20,24,25)/t12-/m0/s1. The summed E-state index contributed by atoms with van der Waals surface area (Å²) in [5.41, 5.74) is 1.60. The molecule has 1 aliphatic carbocycles. The van der Waals surface area contributed by atoms with E-state index in [1.165, 1.54) is 46.0 Å². The van der Waals surface area contributed by atoms with Crippen molar-refractivity contribution in [2.75, 3.05) is 11.9 Å². The molecule has 0 spiro atoms. The fourth-order valence-electron chi connectivity index (χ4n) is 3.18. The summed E-state index contributed by atoms with van der Waals surface area (Å²) in [6.07, 6.45) is 4.25. The molecule has 9 heteroatoms. The van der Waals surface area contributed by atoms with Crippen molar-refractivity contribution in [1.82, 2.24) is 0 Å². The van der Waals surface area contributed by atoms with Crippen LogP contribution in [0.4, 0.5) is 5.69 Å². The molecule has 1 aromatic heterocycles. The third-order valence-corrected chi connectivity index (χ3v) is 6.91. The maximum atomic E-state index is 12.3. The van der Waals surface area contributed by atoms with E-state index in [1.54, 1.807) is 0 Å². The first-order valence-electron chi connectivity index (χ1n) is 8.97. The lowest BCUT2D eigenvalue weighted by Gasteiger charge is -2.19. The monoisotopic (exact) mass is 422 g/mol. The first-order valence-corrected chi connectivity index (χ1v) is 11.3. The lowest BCUT2D eigenvalue weighted by atomic mass is 9.87. The summed E-state index contributed by atoms with van der Waals surface area (Å²) in [5.74, 6) is -0.353. The van der Waals surface area contributed by atoms with Gasteiger partial charge in [-0.1, -0.05) is 13.3 Å². The molecule has 1 amide bonds. The summed E-state index contributed by atoms with van der Waals surface area (Å²) in [6.45, 7) is 1.76. The lowest BCUT2D eigenvalue weighted by Crippen LogP contribution is -2.20. The first-order chi connectivity index (χ1) is 13.3. The predicted molar refractivity (Wildman–Crippen MR) is 107 cm³/mol. The summed E-state index contributed by atoms with van der Waals surface area (Å²) in [5, 5.41) is 7.57. The first kappa shape index (κ1) is 20.5. The van der Waals surface area contributed by atoms with Crippen LogP contribution in [0.2, 0.25) is 0 Å². The van der Waals surface area contributed by atoms with Crippen molar-refractivity contribution < 1.29 is 22.7 Å². The summed E-state index contributed by atoms with van der Waals surface area (Å²) in [7, 11) is -3.79. The SMILES string of the molecule is CC[C@H]1CCc2sc(C(=O)OCC(=O)Nc3ccc(S(N)(=O)=O)cc3)cc2C1. The zero-order valence-electron chi connectivity index (χ0n) is 15.4. The number of rotatable bonds is 6. The van der Waals surface area contributed by atoms with Gasteiger partial charge in [0.2, 0.25) is 10.0 Å². The second-order valence-corrected chi connectivity index (χ2v) is 9.47. The summed E-state index contributed by atoms with van der Waals surface area (Å²) in [6, 6.07) is 7.29. The quantitative estimate of drug-likeness (QED) is 0.695. The van der Waals surface area contributed by atoms with Crippen molar-refractivity contribution in [3.8, 4) is 0 Å². The van der Waals surface area contributed by atoms with Gasteiger partial charge in [0.05, 0.1) is 4.90 Å². The van der Waals surface area contributed by atoms with Crippen LogP contribution < -0.4 is 10.5 Å². The Bertz CT molecular complexity index is 980. The normalized spacial score (nSPS) is 16.3. The highest BCUT2D eigenvalue weighted by Gasteiger charge is 2.23. The minimum atomic E-state index is -3.79. The number of carbonyl (C=O) groups is 2. The van der Waals surface area contributed by atoms with Crippen molar-refractivity contribution in [3.05, 3.63) is 45.6 Å². The zero-order valence-corrected chi connectivity index (χ0v) is 17.1. The van der Waals surface area contributed by atoms with Crippen LogP contribution in [0.3, 0.4) is 0 Å². The number of sulfonamides is 1. The number of anilines is 1. The summed E-state index contributed by atoms with van der Waals surface area (Å²) < 4.78 is 27.6. The molecule has 0 bridgehead atoms. The zero-order chi connectivity index (χ0) is 20.3. The van der Waals surface area contributed by atoms with E-state index >= 15 is 0 Å². The molecule has 0 unspecified atom stereocenters. The molecule has 2 aromatic rings. The molecule has 1 aromatic carbocycles. The average molecular weight is 423 g/mol. The molecule has 0 saturated carbocycles. The van der Waals surface area contributed by atoms with Gasteiger partial charge in [0.15, 0.2) is 6.61 Å². The number of esters is 1. The second-order valence-electron chi connectivity index (χ2n) is 6.77. The van der Waals surface area contributed by atoms with E-state index in [0.29, 0.717) is 16.5 Å². The van der Waals surface area contributed by atoms with E-state index in [1.807, 2.05) is 6.07 Å². The number of primary sulfonamides is 1. The van der Waals surface area contributed by atoms with Crippen LogP contribution in [0.25, 0.3) is 0 Å². The summed E-state index contributed by atoms with van der Waals surface area (Å²) in [4.78, 5) is 25.9. The van der Waals surface area contributed by atoms with Crippen molar-refractivity contribution in [1.29, 1.82) is 0 Å². The molecule has 150 valence electrons. The highest BCUT2D eigenvalue weighted by atomic mass is 32.2. The van der Waals surface area contributed by atoms with Crippen molar-refractivity contribution in [2.24, 2.45) is 11.1 Å². The molecule has 1 heterocycles. The molecule has 3 rings (SSSR count). The van der Waals surface area contributed by atoms with E-state index in [-0.39, 0.29) is 4.90 Å². The molecule has 3 N–H and O–H groups in total. The van der Waals surface area contributed by atoms with Gasteiger partial charge in [-0.2, -0.15) is 0 Å². The lowest BCUT2D eigenvalue weighted by molar-refractivity contribution is -0.119. The molecule has 7 nitrogen and oxygen atoms in total. The Kier molecular flexibility index (Phi) is 6.17. The third-order valence-electron chi connectivity index (χ3n) is 4.76. The van der Waals surface area contributed by atoms with Crippen LogP contribution in [0.15, 0.2) is 35.2 Å². The van der Waals surface area contributed by atoms with Gasteiger partial charge in [0.25, 0.3) is 5.91 Å². The minimum Gasteiger partial charge on any atom is -0.451 e. The van der Waals surface area contributed by atoms with E-state index in [9.17, 15) is 18.0 Å². The van der Waals surface area contributed by atoms with Crippen molar-refractivity contribution in [2.45, 2.75) is 37.5 Å². The van der Waals surface area contributed by atoms with Gasteiger partial charge in [0.1, 0.15) is 4.88 Å². The van der Waals surface area contributed by atoms with Gasteiger partial charge in [0, 0.05) is 10.6 Å². The van der Waals surface area contributed by atoms with Gasteiger partial charge < -0.3 is 10.1 Å². The molecule has 0 aliphatic heterocycles. The van der Waals surface area contributed by atoms with Crippen LogP contribution in [-0.2, 0) is 32.4 Å². The fraction of sp³-hybridized carbons (Fsp3) is 0.368. The number of hydrogen-bond acceptors (Lipinski definition) is 6. The van der Waals surface area contributed by atoms with Gasteiger partial charge in [-0.25, -0.2) is 18.4 Å². The largest absolute Gasteiger partial charge is 0.451 e. The number of nitrogens with two attached hydrogens (primary N) is 1. The van der Waals surface area contributed by atoms with Gasteiger partial charge >= 0.3 is 5.97 Å². The van der Waals surface area contributed by atoms with Crippen LogP contribution in [0.5, 0.6) is 0 Å². The molecule has 1 aliphatic rings. The van der Waals surface area contributed by atoms with E-state index in [4.69, 9.17) is 9.88 Å². The Morgan fingerprint density at radius 3 is 2.64 bits per heavy atom. The van der Waals surface area contributed by atoms with E-state index < -0.39 is 28.5 Å². The highest BCUT2D eigenvalue weighted by molar-refractivity contribution is 7.89. The van der Waals surface area contributed by atoms with Crippen LogP contribution >= 0.6 is 11.3 Å². The average Bonchev–Trinajstić information content (AvgIpc) is 3.09. The molecule has 0 radical (unpaired) electrons. The second kappa shape index (κ2) is 8.42. The summed E-state index contributed by atoms with van der Waals surface area (Å²) >= 11 is 1.44. The van der Waals surface area contributed by atoms with Gasteiger partial charge in [-0.3, -0.25) is 4.79 Å². The number of thiophene rings is 1. The van der Waals surface area contributed by atoms with Crippen molar-refractivity contribution >= 4 is 38.9 Å². The maximum absolute atomic E-state index is 12.3. The van der Waals surface area contributed by atoms with Crippen LogP contribution in [-0.4, -0.2) is 26.9 Å². The fourth-order valence-corrected chi connectivity index (χ4v) is 4.79. The third kappa shape index (κ3) is 4.98. The number of benzene rings is 1. The number of hydrogen-bond donors (Lipinski definition) is 2. The molecular formula is C19H22N2O5S2. The molecule has 0 fully saturated rings. The topological polar surface area (TPSA) is 116 Å². The van der Waals surface area contributed by atoms with Crippen LogP contribution in [0, 0.1) is 5.92 Å². The van der Waals surface area contributed by atoms with Crippen LogP contribution in [0.1, 0.15) is 39.9 Å².